The van der Waals surface area contributed by atoms with E-state index in [4.69, 9.17) is 4.42 Å². The van der Waals surface area contributed by atoms with Crippen molar-refractivity contribution in [2.45, 2.75) is 25.8 Å². The molecule has 2 saturated carbocycles. The van der Waals surface area contributed by atoms with Gasteiger partial charge < -0.3 is 14.8 Å². The first-order valence-corrected chi connectivity index (χ1v) is 6.69. The highest BCUT2D eigenvalue weighted by Crippen LogP contribution is 2.52. The molecule has 1 heterocycles. The maximum Gasteiger partial charge on any atom is 0.307 e. The molecular formula is C14H17NO4. The molecule has 19 heavy (non-hydrogen) atoms. The summed E-state index contributed by atoms with van der Waals surface area (Å²) in [5.41, 5.74) is 0. The number of nitrogens with one attached hydrogen (secondary N) is 1. The number of hydrogen-bond acceptors (Lipinski definition) is 3. The van der Waals surface area contributed by atoms with E-state index in [1.807, 2.05) is 0 Å². The molecule has 4 atom stereocenters. The van der Waals surface area contributed by atoms with Gasteiger partial charge in [-0.25, -0.2) is 0 Å². The van der Waals surface area contributed by atoms with Crippen LogP contribution in [0.3, 0.4) is 0 Å². The van der Waals surface area contributed by atoms with E-state index >= 15 is 0 Å². The largest absolute Gasteiger partial charge is 0.481 e. The van der Waals surface area contributed by atoms with Crippen LogP contribution in [0.15, 0.2) is 22.8 Å². The Bertz CT molecular complexity index is 482. The van der Waals surface area contributed by atoms with Crippen molar-refractivity contribution in [2.75, 3.05) is 0 Å². The quantitative estimate of drug-likeness (QED) is 0.865. The van der Waals surface area contributed by atoms with Gasteiger partial charge >= 0.3 is 5.97 Å². The monoisotopic (exact) mass is 263 g/mol. The molecule has 2 aliphatic carbocycles. The molecule has 0 radical (unpaired) electrons. The molecule has 0 unspecified atom stereocenters. The smallest absolute Gasteiger partial charge is 0.307 e. The van der Waals surface area contributed by atoms with Crippen LogP contribution in [0, 0.1) is 23.7 Å². The summed E-state index contributed by atoms with van der Waals surface area (Å²) in [6.07, 6.45) is 4.37. The fourth-order valence-electron chi connectivity index (χ4n) is 3.73. The summed E-state index contributed by atoms with van der Waals surface area (Å²) < 4.78 is 5.15. The maximum absolute atomic E-state index is 12.2. The summed E-state index contributed by atoms with van der Waals surface area (Å²) in [5.74, 6) is -0.740. The number of hydrogen-bond donors (Lipinski definition) is 2. The molecule has 0 saturated heterocycles. The number of carboxylic acid groups (broad SMARTS) is 1. The predicted molar refractivity (Wildman–Crippen MR) is 66.0 cm³/mol. The third-order valence-corrected chi connectivity index (χ3v) is 4.52. The minimum absolute atomic E-state index is 0.143. The number of amides is 1. The van der Waals surface area contributed by atoms with Gasteiger partial charge in [-0.3, -0.25) is 9.59 Å². The van der Waals surface area contributed by atoms with E-state index in [0.29, 0.717) is 12.3 Å². The summed E-state index contributed by atoms with van der Waals surface area (Å²) in [4.78, 5) is 23.6. The van der Waals surface area contributed by atoms with Crippen LogP contribution >= 0.6 is 0 Å². The standard InChI is InChI=1S/C14H17NO4/c16-13(15-7-10-2-1-5-19-10)11-8-3-4-9(6-8)12(11)14(17)18/h1-2,5,8-9,11-12H,3-4,6-7H2,(H,15,16)(H,17,18)/t8-,9+,11-,12+/m0/s1. The topological polar surface area (TPSA) is 79.5 Å². The van der Waals surface area contributed by atoms with Crippen LogP contribution in [0.25, 0.3) is 0 Å². The number of aliphatic carboxylic acids is 1. The highest BCUT2D eigenvalue weighted by atomic mass is 16.4. The van der Waals surface area contributed by atoms with Crippen molar-refractivity contribution in [3.05, 3.63) is 24.2 Å². The number of carbonyl (C=O) groups is 2. The molecule has 2 aliphatic rings. The zero-order valence-electron chi connectivity index (χ0n) is 10.5. The zero-order chi connectivity index (χ0) is 13.4. The highest BCUT2D eigenvalue weighted by Gasteiger charge is 2.53. The first-order chi connectivity index (χ1) is 9.16. The van der Waals surface area contributed by atoms with Crippen LogP contribution in [0.1, 0.15) is 25.0 Å². The summed E-state index contributed by atoms with van der Waals surface area (Å²) in [5, 5.41) is 12.1. The van der Waals surface area contributed by atoms with Crippen LogP contribution in [0.2, 0.25) is 0 Å². The Morgan fingerprint density at radius 1 is 1.32 bits per heavy atom. The molecule has 0 spiro atoms. The van der Waals surface area contributed by atoms with Crippen molar-refractivity contribution in [3.63, 3.8) is 0 Å². The normalized spacial score (nSPS) is 32.4. The van der Waals surface area contributed by atoms with Gasteiger partial charge in [-0.15, -0.1) is 0 Å². The van der Waals surface area contributed by atoms with Gasteiger partial charge in [0.05, 0.1) is 24.6 Å². The van der Waals surface area contributed by atoms with E-state index in [0.717, 1.165) is 19.3 Å². The number of rotatable bonds is 4. The van der Waals surface area contributed by atoms with Crippen molar-refractivity contribution < 1.29 is 19.1 Å². The number of carboxylic acids is 1. The molecule has 1 aromatic rings. The second-order valence-corrected chi connectivity index (χ2v) is 5.52. The Kier molecular flexibility index (Phi) is 3.05. The molecule has 1 amide bonds. The van der Waals surface area contributed by atoms with E-state index in [1.54, 1.807) is 18.4 Å². The second kappa shape index (κ2) is 4.72. The average molecular weight is 263 g/mol. The molecule has 5 nitrogen and oxygen atoms in total. The lowest BCUT2D eigenvalue weighted by Crippen LogP contribution is -2.40. The lowest BCUT2D eigenvalue weighted by molar-refractivity contribution is -0.149. The van der Waals surface area contributed by atoms with Gasteiger partial charge in [-0.1, -0.05) is 0 Å². The molecule has 102 valence electrons. The van der Waals surface area contributed by atoms with E-state index in [2.05, 4.69) is 5.32 Å². The van der Waals surface area contributed by atoms with Crippen molar-refractivity contribution >= 4 is 11.9 Å². The van der Waals surface area contributed by atoms with Crippen LogP contribution in [-0.4, -0.2) is 17.0 Å². The van der Waals surface area contributed by atoms with Crippen molar-refractivity contribution in [1.29, 1.82) is 0 Å². The summed E-state index contributed by atoms with van der Waals surface area (Å²) in [6, 6.07) is 3.55. The van der Waals surface area contributed by atoms with Gasteiger partial charge in [0, 0.05) is 0 Å². The molecule has 2 N–H and O–H groups in total. The lowest BCUT2D eigenvalue weighted by Gasteiger charge is -2.26. The van der Waals surface area contributed by atoms with Gasteiger partial charge in [0.1, 0.15) is 5.76 Å². The van der Waals surface area contributed by atoms with Crippen LogP contribution < -0.4 is 5.32 Å². The summed E-state index contributed by atoms with van der Waals surface area (Å²) in [6.45, 7) is 0.325. The number of fused-ring (bicyclic) bond motifs is 2. The molecular weight excluding hydrogens is 246 g/mol. The summed E-state index contributed by atoms with van der Waals surface area (Å²) in [7, 11) is 0. The Morgan fingerprint density at radius 2 is 2.05 bits per heavy atom. The Balaban J connectivity index is 1.66. The van der Waals surface area contributed by atoms with E-state index < -0.39 is 11.9 Å². The van der Waals surface area contributed by atoms with Crippen molar-refractivity contribution in [3.8, 4) is 0 Å². The third kappa shape index (κ3) is 2.13. The molecule has 2 bridgehead atoms. The fourth-order valence-corrected chi connectivity index (χ4v) is 3.73. The third-order valence-electron chi connectivity index (χ3n) is 4.52. The maximum atomic E-state index is 12.2. The molecule has 5 heteroatoms. The second-order valence-electron chi connectivity index (χ2n) is 5.52. The minimum atomic E-state index is -0.828. The summed E-state index contributed by atoms with van der Waals surface area (Å²) >= 11 is 0. The predicted octanol–water partition coefficient (Wildman–Crippen LogP) is 1.64. The van der Waals surface area contributed by atoms with E-state index in [9.17, 15) is 14.7 Å². The Labute approximate surface area is 111 Å². The van der Waals surface area contributed by atoms with Crippen LogP contribution in [0.4, 0.5) is 0 Å². The lowest BCUT2D eigenvalue weighted by atomic mass is 9.79. The molecule has 0 aromatic carbocycles. The number of carbonyl (C=O) groups excluding carboxylic acids is 1. The van der Waals surface area contributed by atoms with Gasteiger partial charge in [0.2, 0.25) is 5.91 Å². The van der Waals surface area contributed by atoms with Gasteiger partial charge in [-0.05, 0) is 43.2 Å². The fraction of sp³-hybridized carbons (Fsp3) is 0.571. The Hall–Kier alpha value is -1.78. The van der Waals surface area contributed by atoms with Crippen LogP contribution in [-0.2, 0) is 16.1 Å². The Morgan fingerprint density at radius 3 is 2.68 bits per heavy atom. The van der Waals surface area contributed by atoms with Gasteiger partial charge in [0.15, 0.2) is 0 Å². The first kappa shape index (κ1) is 12.3. The number of furan rings is 1. The van der Waals surface area contributed by atoms with Crippen molar-refractivity contribution in [2.24, 2.45) is 23.7 Å². The van der Waals surface area contributed by atoms with Crippen molar-refractivity contribution in [1.82, 2.24) is 5.32 Å². The molecule has 0 aliphatic heterocycles. The minimum Gasteiger partial charge on any atom is -0.481 e. The molecule has 2 fully saturated rings. The van der Waals surface area contributed by atoms with E-state index in [-0.39, 0.29) is 23.7 Å². The average Bonchev–Trinajstić information content (AvgIpc) is 3.10. The van der Waals surface area contributed by atoms with E-state index in [1.165, 1.54) is 0 Å². The highest BCUT2D eigenvalue weighted by molar-refractivity contribution is 5.86. The zero-order valence-corrected chi connectivity index (χ0v) is 10.5. The van der Waals surface area contributed by atoms with Crippen LogP contribution in [0.5, 0.6) is 0 Å². The first-order valence-electron chi connectivity index (χ1n) is 6.69. The van der Waals surface area contributed by atoms with Gasteiger partial charge in [-0.2, -0.15) is 0 Å². The molecule has 3 rings (SSSR count). The van der Waals surface area contributed by atoms with Gasteiger partial charge in [0.25, 0.3) is 0 Å². The SMILES string of the molecule is O=C(O)[C@@H]1[C@@H]2CC[C@@H](C2)[C@@H]1C(=O)NCc1ccco1. The molecule has 1 aromatic heterocycles.